The molecule has 8 nitrogen and oxygen atoms in total. The largest absolute Gasteiger partial charge is 0.497 e. The van der Waals surface area contributed by atoms with Crippen LogP contribution in [0.1, 0.15) is 24.8 Å². The van der Waals surface area contributed by atoms with Gasteiger partial charge in [-0.25, -0.2) is 4.79 Å². The topological polar surface area (TPSA) is 82.2 Å². The summed E-state index contributed by atoms with van der Waals surface area (Å²) in [6, 6.07) is 14.4. The van der Waals surface area contributed by atoms with Crippen LogP contribution in [0.4, 0.5) is 10.5 Å². The van der Waals surface area contributed by atoms with Crippen LogP contribution in [0.15, 0.2) is 48.5 Å². The van der Waals surface area contributed by atoms with Crippen molar-refractivity contribution in [3.8, 4) is 5.75 Å². The summed E-state index contributed by atoms with van der Waals surface area (Å²) in [6.45, 7) is 3.02. The molecule has 3 atom stereocenters. The summed E-state index contributed by atoms with van der Waals surface area (Å²) >= 11 is 6.13. The number of benzene rings is 2. The quantitative estimate of drug-likeness (QED) is 0.665. The molecule has 1 N–H and O–H groups in total. The van der Waals surface area contributed by atoms with Gasteiger partial charge in [-0.05, 0) is 55.2 Å². The summed E-state index contributed by atoms with van der Waals surface area (Å²) in [5.41, 5.74) is 1.93. The second-order valence-electron chi connectivity index (χ2n) is 9.74. The van der Waals surface area contributed by atoms with Crippen LogP contribution < -0.4 is 15.0 Å². The Morgan fingerprint density at radius 1 is 1.06 bits per heavy atom. The second kappa shape index (κ2) is 10.4. The summed E-state index contributed by atoms with van der Waals surface area (Å²) in [5.74, 6) is 0.235. The molecule has 190 valence electrons. The molecule has 9 heteroatoms. The number of methoxy groups -OCH3 is 1. The summed E-state index contributed by atoms with van der Waals surface area (Å²) in [4.78, 5) is 44.8. The van der Waals surface area contributed by atoms with Gasteiger partial charge in [-0.2, -0.15) is 0 Å². The van der Waals surface area contributed by atoms with Crippen molar-refractivity contribution in [3.63, 3.8) is 0 Å². The molecular formula is C27H31ClN4O4. The molecule has 0 radical (unpaired) electrons. The molecule has 2 saturated heterocycles. The standard InChI is InChI=1S/C27H31ClN4O4/c1-36-22-8-5-18(6-9-22)17-32-26(34)23-10-7-19(15-24(23)29-27(32)35)25(33)31-13-11-30(12-14-31)21-4-2-3-20(28)16-21/h2-6,8-9,16,19,23-24H,7,10-15,17H2,1H3,(H,29,35). The van der Waals surface area contributed by atoms with Crippen molar-refractivity contribution < 1.29 is 19.1 Å². The van der Waals surface area contributed by atoms with Gasteiger partial charge in [-0.1, -0.05) is 29.8 Å². The summed E-state index contributed by atoms with van der Waals surface area (Å²) < 4.78 is 5.18. The van der Waals surface area contributed by atoms with Gasteiger partial charge in [0.1, 0.15) is 5.75 Å². The molecule has 0 aromatic heterocycles. The lowest BCUT2D eigenvalue weighted by Crippen LogP contribution is -2.62. The minimum Gasteiger partial charge on any atom is -0.497 e. The normalized spacial score (nSPS) is 24.3. The van der Waals surface area contributed by atoms with E-state index in [-0.39, 0.29) is 42.3 Å². The molecular weight excluding hydrogens is 480 g/mol. The third-order valence-electron chi connectivity index (χ3n) is 7.60. The van der Waals surface area contributed by atoms with E-state index < -0.39 is 0 Å². The third-order valence-corrected chi connectivity index (χ3v) is 7.84. The molecule has 2 aliphatic heterocycles. The lowest BCUT2D eigenvalue weighted by atomic mass is 9.76. The van der Waals surface area contributed by atoms with E-state index in [1.807, 2.05) is 53.4 Å². The number of rotatable bonds is 5. The highest BCUT2D eigenvalue weighted by molar-refractivity contribution is 6.30. The number of urea groups is 1. The van der Waals surface area contributed by atoms with E-state index in [9.17, 15) is 14.4 Å². The summed E-state index contributed by atoms with van der Waals surface area (Å²) in [6.07, 6.45) is 1.76. The number of hydrogen-bond donors (Lipinski definition) is 1. The maximum absolute atomic E-state index is 13.3. The lowest BCUT2D eigenvalue weighted by Gasteiger charge is -2.43. The number of carbonyl (C=O) groups is 3. The fourth-order valence-electron chi connectivity index (χ4n) is 5.57. The Bertz CT molecular complexity index is 1130. The van der Waals surface area contributed by atoms with Gasteiger partial charge in [0.2, 0.25) is 11.8 Å². The molecule has 5 rings (SSSR count). The van der Waals surface area contributed by atoms with Gasteiger partial charge in [0, 0.05) is 48.8 Å². The SMILES string of the molecule is COc1ccc(CN2C(=O)NC3CC(C(=O)N4CCN(c5cccc(Cl)c5)CC4)CCC3C2=O)cc1. The molecule has 36 heavy (non-hydrogen) atoms. The smallest absolute Gasteiger partial charge is 0.324 e. The number of ether oxygens (including phenoxy) is 1. The molecule has 0 spiro atoms. The van der Waals surface area contributed by atoms with E-state index in [4.69, 9.17) is 16.3 Å². The van der Waals surface area contributed by atoms with Crippen LogP contribution >= 0.6 is 11.6 Å². The number of nitrogens with zero attached hydrogens (tertiary/aromatic N) is 3. The zero-order valence-electron chi connectivity index (χ0n) is 20.4. The fraction of sp³-hybridized carbons (Fsp3) is 0.444. The van der Waals surface area contributed by atoms with E-state index in [1.54, 1.807) is 7.11 Å². The highest BCUT2D eigenvalue weighted by Crippen LogP contribution is 2.35. The zero-order valence-corrected chi connectivity index (χ0v) is 21.1. The highest BCUT2D eigenvalue weighted by atomic mass is 35.5. The van der Waals surface area contributed by atoms with Crippen molar-refractivity contribution in [1.29, 1.82) is 0 Å². The van der Waals surface area contributed by atoms with E-state index in [1.165, 1.54) is 4.90 Å². The maximum Gasteiger partial charge on any atom is 0.324 e. The Morgan fingerprint density at radius 3 is 2.50 bits per heavy atom. The number of piperazine rings is 1. The molecule has 0 bridgehead atoms. The van der Waals surface area contributed by atoms with E-state index in [0.29, 0.717) is 37.4 Å². The second-order valence-corrected chi connectivity index (χ2v) is 10.2. The number of nitrogens with one attached hydrogen (secondary N) is 1. The molecule has 2 aromatic carbocycles. The van der Waals surface area contributed by atoms with Gasteiger partial charge in [0.25, 0.3) is 0 Å². The van der Waals surface area contributed by atoms with Gasteiger partial charge in [0.15, 0.2) is 0 Å². The van der Waals surface area contributed by atoms with Crippen molar-refractivity contribution in [2.45, 2.75) is 31.8 Å². The molecule has 3 unspecified atom stereocenters. The van der Waals surface area contributed by atoms with Gasteiger partial charge in [0.05, 0.1) is 19.6 Å². The number of imide groups is 1. The van der Waals surface area contributed by atoms with Crippen molar-refractivity contribution in [1.82, 2.24) is 15.1 Å². The van der Waals surface area contributed by atoms with Crippen LogP contribution in [-0.2, 0) is 16.1 Å². The Balaban J connectivity index is 1.16. The monoisotopic (exact) mass is 510 g/mol. The molecule has 2 aromatic rings. The van der Waals surface area contributed by atoms with Crippen LogP contribution in [0.25, 0.3) is 0 Å². The average Bonchev–Trinajstić information content (AvgIpc) is 2.91. The predicted molar refractivity (Wildman–Crippen MR) is 137 cm³/mol. The third kappa shape index (κ3) is 5.00. The van der Waals surface area contributed by atoms with E-state index in [2.05, 4.69) is 10.2 Å². The van der Waals surface area contributed by atoms with Gasteiger partial charge in [-0.15, -0.1) is 0 Å². The number of anilines is 1. The number of fused-ring (bicyclic) bond motifs is 1. The molecule has 4 amide bonds. The highest BCUT2D eigenvalue weighted by Gasteiger charge is 2.46. The summed E-state index contributed by atoms with van der Waals surface area (Å²) in [7, 11) is 1.60. The van der Waals surface area contributed by atoms with Gasteiger partial charge in [-0.3, -0.25) is 14.5 Å². The molecule has 1 aliphatic carbocycles. The first-order valence-corrected chi connectivity index (χ1v) is 12.8. The first-order valence-electron chi connectivity index (χ1n) is 12.5. The van der Waals surface area contributed by atoms with Gasteiger partial charge < -0.3 is 19.9 Å². The minimum atomic E-state index is -0.389. The first-order chi connectivity index (χ1) is 17.4. The van der Waals surface area contributed by atoms with Crippen molar-refractivity contribution in [2.75, 3.05) is 38.2 Å². The average molecular weight is 511 g/mol. The number of hydrogen-bond acceptors (Lipinski definition) is 5. The Kier molecular flexibility index (Phi) is 7.05. The van der Waals surface area contributed by atoms with Crippen LogP contribution in [0.3, 0.4) is 0 Å². The Hall–Kier alpha value is -3.26. The zero-order chi connectivity index (χ0) is 25.2. The van der Waals surface area contributed by atoms with Crippen molar-refractivity contribution in [2.24, 2.45) is 11.8 Å². The Morgan fingerprint density at radius 2 is 1.81 bits per heavy atom. The number of halogens is 1. The molecule has 3 aliphatic rings. The lowest BCUT2D eigenvalue weighted by molar-refractivity contribution is -0.143. The van der Waals surface area contributed by atoms with Crippen LogP contribution in [0.2, 0.25) is 5.02 Å². The summed E-state index contributed by atoms with van der Waals surface area (Å²) in [5, 5.41) is 3.72. The molecule has 1 saturated carbocycles. The van der Waals surface area contributed by atoms with E-state index >= 15 is 0 Å². The number of carbonyl (C=O) groups excluding carboxylic acids is 3. The van der Waals surface area contributed by atoms with Crippen LogP contribution in [0.5, 0.6) is 5.75 Å². The molecule has 3 fully saturated rings. The van der Waals surface area contributed by atoms with Crippen molar-refractivity contribution in [3.05, 3.63) is 59.1 Å². The van der Waals surface area contributed by atoms with Crippen LogP contribution in [-0.4, -0.2) is 67.0 Å². The van der Waals surface area contributed by atoms with Gasteiger partial charge >= 0.3 is 6.03 Å². The fourth-order valence-corrected chi connectivity index (χ4v) is 5.75. The maximum atomic E-state index is 13.3. The molecule has 2 heterocycles. The minimum absolute atomic E-state index is 0.126. The number of amides is 4. The predicted octanol–water partition coefficient (Wildman–Crippen LogP) is 3.53. The van der Waals surface area contributed by atoms with Crippen molar-refractivity contribution >= 4 is 35.1 Å². The Labute approximate surface area is 216 Å². The van der Waals surface area contributed by atoms with E-state index in [0.717, 1.165) is 30.1 Å². The van der Waals surface area contributed by atoms with Crippen LogP contribution in [0, 0.1) is 11.8 Å². The first kappa shape index (κ1) is 24.4.